The summed E-state index contributed by atoms with van der Waals surface area (Å²) >= 11 is 0. The van der Waals surface area contributed by atoms with Crippen molar-refractivity contribution in [2.45, 2.75) is 17.2 Å². The Morgan fingerprint density at radius 1 is 0.761 bits per heavy atom. The Bertz CT molecular complexity index is 1850. The van der Waals surface area contributed by atoms with Crippen molar-refractivity contribution in [2.24, 2.45) is 11.0 Å². The fourth-order valence-electron chi connectivity index (χ4n) is 6.56. The highest BCUT2D eigenvalue weighted by Gasteiger charge is 2.81. The Labute approximate surface area is 261 Å². The number of carbonyl (C=O) groups excluding carboxylic acids is 2. The van der Waals surface area contributed by atoms with Gasteiger partial charge in [0.05, 0.1) is 24.1 Å². The number of hydrogen-bond acceptors (Lipinski definition) is 11. The molecule has 14 heteroatoms. The first-order chi connectivity index (χ1) is 22.2. The van der Waals surface area contributed by atoms with Crippen molar-refractivity contribution in [1.29, 1.82) is 0 Å². The van der Waals surface area contributed by atoms with E-state index in [0.29, 0.717) is 22.5 Å². The van der Waals surface area contributed by atoms with Crippen molar-refractivity contribution in [3.63, 3.8) is 0 Å². The van der Waals surface area contributed by atoms with Gasteiger partial charge in [0.15, 0.2) is 5.54 Å². The first-order valence-corrected chi connectivity index (χ1v) is 14.1. The lowest BCUT2D eigenvalue weighted by atomic mass is 9.69. The van der Waals surface area contributed by atoms with Crippen LogP contribution < -0.4 is 10.3 Å². The molecule has 2 aliphatic rings. The molecule has 1 N–H and O–H groups in total. The Hall–Kier alpha value is -6.18. The minimum Gasteiger partial charge on any atom is -0.469 e. The average molecular weight is 624 g/mol. The van der Waals surface area contributed by atoms with Crippen LogP contribution in [0.4, 0.5) is 22.7 Å². The number of esters is 2. The van der Waals surface area contributed by atoms with Gasteiger partial charge in [0.25, 0.3) is 22.7 Å². The van der Waals surface area contributed by atoms with Gasteiger partial charge in [-0.25, -0.2) is 4.79 Å². The number of anilines is 1. The molecule has 0 aromatic heterocycles. The Kier molecular flexibility index (Phi) is 7.40. The summed E-state index contributed by atoms with van der Waals surface area (Å²) in [5, 5.41) is 28.3. The third-order valence-corrected chi connectivity index (χ3v) is 8.43. The molecule has 0 unspecified atom stereocenters. The zero-order chi connectivity index (χ0) is 32.6. The molecule has 0 radical (unpaired) electrons. The largest absolute Gasteiger partial charge is 0.469 e. The molecule has 1 saturated heterocycles. The molecule has 4 aromatic rings. The SMILES string of the molecule is COC(=O)[C@@H]1[C@H](C(=O)OC)N(c2ccccc2)[C@@]2(c3ccc([N+](=O)[O-])cc3)N=[N+](c3ccc([N+](=O)[O-])cc3)N[C@@]12c1ccccc1. The maximum absolute atomic E-state index is 14.1. The number of hydrogen-bond donors (Lipinski definition) is 1. The number of carbonyl (C=O) groups is 2. The minimum atomic E-state index is -1.72. The fourth-order valence-corrected chi connectivity index (χ4v) is 6.56. The van der Waals surface area contributed by atoms with Gasteiger partial charge < -0.3 is 14.4 Å². The van der Waals surface area contributed by atoms with E-state index in [1.165, 1.54) is 67.6 Å². The molecule has 4 aromatic carbocycles. The van der Waals surface area contributed by atoms with Gasteiger partial charge in [-0.1, -0.05) is 48.5 Å². The normalized spacial score (nSPS) is 23.1. The lowest BCUT2D eigenvalue weighted by Gasteiger charge is -2.40. The van der Waals surface area contributed by atoms with E-state index in [9.17, 15) is 29.8 Å². The predicted molar refractivity (Wildman–Crippen MR) is 162 cm³/mol. The van der Waals surface area contributed by atoms with E-state index in [1.54, 1.807) is 65.6 Å². The van der Waals surface area contributed by atoms with Crippen LogP contribution in [0, 0.1) is 26.1 Å². The predicted octanol–water partition coefficient (Wildman–Crippen LogP) is 4.72. The highest BCUT2D eigenvalue weighted by Crippen LogP contribution is 2.62. The number of nitrogens with one attached hydrogen (secondary N) is 1. The lowest BCUT2D eigenvalue weighted by molar-refractivity contribution is -0.570. The molecule has 14 nitrogen and oxygen atoms in total. The van der Waals surface area contributed by atoms with Crippen LogP contribution in [0.3, 0.4) is 0 Å². The molecule has 46 heavy (non-hydrogen) atoms. The molecule has 0 amide bonds. The number of methoxy groups -OCH3 is 2. The molecular formula is C32H27N6O8+. The summed E-state index contributed by atoms with van der Waals surface area (Å²) in [5.74, 6) is -2.82. The van der Waals surface area contributed by atoms with Crippen LogP contribution in [0.2, 0.25) is 0 Å². The second-order valence-corrected chi connectivity index (χ2v) is 10.6. The zero-order valence-electron chi connectivity index (χ0n) is 24.5. The maximum Gasteiger partial charge on any atom is 0.329 e. The second-order valence-electron chi connectivity index (χ2n) is 10.6. The topological polar surface area (TPSA) is 170 Å². The first-order valence-electron chi connectivity index (χ1n) is 14.1. The number of azo groups is 1. The standard InChI is InChI=1S/C32H27N6O8/c1-45-29(39)27-28(30(40)46-2)35(23-11-7-4-8-12-23)32(22-13-15-25(16-14-22)37(41)42)31(27,21-9-5-3-6-10-21)33-36(34-32)24-17-19-26(20-18-24)38(43)44/h3-20,27-28H,1-2H3,(H,33,34)/q+1/t27-,28+,31-,32+/m0/s1. The van der Waals surface area contributed by atoms with Crippen LogP contribution in [-0.2, 0) is 30.3 Å². The van der Waals surface area contributed by atoms with Crippen molar-refractivity contribution in [3.05, 3.63) is 141 Å². The van der Waals surface area contributed by atoms with Crippen LogP contribution in [0.5, 0.6) is 0 Å². The van der Waals surface area contributed by atoms with Gasteiger partial charge in [-0.2, -0.15) is 5.43 Å². The summed E-state index contributed by atoms with van der Waals surface area (Å²) in [4.78, 5) is 53.1. The van der Waals surface area contributed by atoms with Crippen molar-refractivity contribution in [3.8, 4) is 0 Å². The Morgan fingerprint density at radius 2 is 1.28 bits per heavy atom. The number of non-ortho nitro benzene ring substituents is 2. The Morgan fingerprint density at radius 3 is 1.80 bits per heavy atom. The van der Waals surface area contributed by atoms with Crippen LogP contribution in [0.15, 0.2) is 114 Å². The number of nitro benzene ring substituents is 2. The maximum atomic E-state index is 14.1. The van der Waals surface area contributed by atoms with Gasteiger partial charge in [0.2, 0.25) is 0 Å². The summed E-state index contributed by atoms with van der Waals surface area (Å²) in [6, 6.07) is 27.7. The van der Waals surface area contributed by atoms with Crippen LogP contribution in [0.1, 0.15) is 11.1 Å². The van der Waals surface area contributed by atoms with Crippen molar-refractivity contribution in [2.75, 3.05) is 19.1 Å². The van der Waals surface area contributed by atoms with Crippen molar-refractivity contribution < 1.29 is 33.7 Å². The minimum absolute atomic E-state index is 0.143. The molecule has 6 rings (SSSR count). The molecule has 2 heterocycles. The van der Waals surface area contributed by atoms with E-state index in [2.05, 4.69) is 5.43 Å². The van der Waals surface area contributed by atoms with E-state index >= 15 is 0 Å². The van der Waals surface area contributed by atoms with Gasteiger partial charge in [-0.15, -0.1) is 0 Å². The van der Waals surface area contributed by atoms with Crippen LogP contribution in [0.25, 0.3) is 0 Å². The summed E-state index contributed by atoms with van der Waals surface area (Å²) in [5.41, 5.74) is 1.53. The zero-order valence-corrected chi connectivity index (χ0v) is 24.5. The van der Waals surface area contributed by atoms with Crippen molar-refractivity contribution >= 4 is 34.7 Å². The Balaban J connectivity index is 1.77. The fraction of sp³-hybridized carbons (Fsp3) is 0.188. The second kappa shape index (κ2) is 11.4. The van der Waals surface area contributed by atoms with E-state index in [4.69, 9.17) is 14.6 Å². The monoisotopic (exact) mass is 623 g/mol. The molecule has 0 saturated carbocycles. The number of hydrazine groups is 1. The number of para-hydroxylation sites is 1. The van der Waals surface area contributed by atoms with E-state index in [0.717, 1.165) is 0 Å². The summed E-state index contributed by atoms with van der Waals surface area (Å²) in [6.07, 6.45) is 0. The molecule has 232 valence electrons. The molecule has 1 fully saturated rings. The van der Waals surface area contributed by atoms with Crippen LogP contribution in [-0.4, -0.2) is 46.9 Å². The van der Waals surface area contributed by atoms with Gasteiger partial charge in [-0.3, -0.25) is 25.0 Å². The highest BCUT2D eigenvalue weighted by molar-refractivity contribution is 5.92. The molecule has 2 aliphatic heterocycles. The quantitative estimate of drug-likeness (QED) is 0.125. The smallest absolute Gasteiger partial charge is 0.329 e. The number of ether oxygens (including phenoxy) is 2. The third kappa shape index (κ3) is 4.33. The molecule has 0 bridgehead atoms. The number of rotatable bonds is 8. The summed E-state index contributed by atoms with van der Waals surface area (Å²) in [6.45, 7) is 0. The molecular weight excluding hydrogens is 596 g/mol. The highest BCUT2D eigenvalue weighted by atomic mass is 16.6. The number of nitro groups is 2. The lowest BCUT2D eigenvalue weighted by Crippen LogP contribution is -2.59. The molecule has 0 aliphatic carbocycles. The first kappa shape index (κ1) is 29.9. The summed E-state index contributed by atoms with van der Waals surface area (Å²) < 4.78 is 10.7. The van der Waals surface area contributed by atoms with Crippen LogP contribution >= 0.6 is 0 Å². The third-order valence-electron chi connectivity index (χ3n) is 8.43. The average Bonchev–Trinajstić information content (AvgIpc) is 3.57. The number of fused-ring (bicyclic) bond motifs is 1. The van der Waals surface area contributed by atoms with Gasteiger partial charge in [-0.05, 0) is 29.8 Å². The summed E-state index contributed by atoms with van der Waals surface area (Å²) in [7, 11) is 2.43. The molecule has 0 spiro atoms. The number of benzene rings is 4. The van der Waals surface area contributed by atoms with Gasteiger partial charge in [0, 0.05) is 57.6 Å². The van der Waals surface area contributed by atoms with E-state index in [-0.39, 0.29) is 11.4 Å². The molecule has 4 atom stereocenters. The van der Waals surface area contributed by atoms with E-state index < -0.39 is 44.9 Å². The van der Waals surface area contributed by atoms with Gasteiger partial charge in [0.1, 0.15) is 12.0 Å². The van der Waals surface area contributed by atoms with Gasteiger partial charge >= 0.3 is 11.9 Å². The van der Waals surface area contributed by atoms with Crippen molar-refractivity contribution in [1.82, 2.24) is 5.43 Å². The van der Waals surface area contributed by atoms with E-state index in [1.807, 2.05) is 0 Å². The number of nitrogens with zero attached hydrogens (tertiary/aromatic N) is 5.